The molecule has 2 heterocycles. The van der Waals surface area contributed by atoms with Crippen LogP contribution in [0.3, 0.4) is 0 Å². The molecular formula is C15H18N4O. The van der Waals surface area contributed by atoms with Crippen molar-refractivity contribution in [2.75, 3.05) is 5.32 Å². The van der Waals surface area contributed by atoms with E-state index in [-0.39, 0.29) is 6.03 Å². The van der Waals surface area contributed by atoms with Crippen molar-refractivity contribution in [2.24, 2.45) is 0 Å². The number of anilines is 1. The molecule has 5 nitrogen and oxygen atoms in total. The summed E-state index contributed by atoms with van der Waals surface area (Å²) in [5, 5.41) is 5.50. The third-order valence-electron chi connectivity index (χ3n) is 2.87. The highest BCUT2D eigenvalue weighted by molar-refractivity contribution is 5.88. The number of carbonyl (C=O) groups is 1. The highest BCUT2D eigenvalue weighted by Crippen LogP contribution is 2.09. The average molecular weight is 270 g/mol. The van der Waals surface area contributed by atoms with Gasteiger partial charge in [-0.1, -0.05) is 6.07 Å². The first-order chi connectivity index (χ1) is 9.54. The van der Waals surface area contributed by atoms with Crippen LogP contribution in [-0.4, -0.2) is 16.0 Å². The van der Waals surface area contributed by atoms with E-state index in [0.717, 1.165) is 22.5 Å². The van der Waals surface area contributed by atoms with E-state index in [1.54, 1.807) is 6.20 Å². The Morgan fingerprint density at radius 3 is 2.75 bits per heavy atom. The smallest absolute Gasteiger partial charge is 0.320 e. The molecule has 2 amide bonds. The fraction of sp³-hybridized carbons (Fsp3) is 0.267. The largest absolute Gasteiger partial charge is 0.332 e. The number of pyridine rings is 2. The lowest BCUT2D eigenvalue weighted by Gasteiger charge is -2.09. The molecule has 0 saturated carbocycles. The van der Waals surface area contributed by atoms with E-state index in [2.05, 4.69) is 20.6 Å². The van der Waals surface area contributed by atoms with E-state index in [0.29, 0.717) is 12.4 Å². The molecule has 0 aromatic carbocycles. The molecule has 0 fully saturated rings. The van der Waals surface area contributed by atoms with Crippen LogP contribution in [0, 0.1) is 20.8 Å². The topological polar surface area (TPSA) is 66.9 Å². The standard InChI is InChI=1S/C15H18N4O/c1-10-7-12(3)18-14(8-10)19-15(20)17-9-13-11(2)5-4-6-16-13/h4-8H,9H2,1-3H3,(H2,17,18,19,20). The number of aryl methyl sites for hydroxylation is 3. The maximum absolute atomic E-state index is 11.8. The van der Waals surface area contributed by atoms with Gasteiger partial charge in [0.1, 0.15) is 5.82 Å². The zero-order valence-electron chi connectivity index (χ0n) is 11.9. The van der Waals surface area contributed by atoms with Crippen molar-refractivity contribution in [2.45, 2.75) is 27.3 Å². The van der Waals surface area contributed by atoms with Gasteiger partial charge >= 0.3 is 6.03 Å². The summed E-state index contributed by atoms with van der Waals surface area (Å²) in [6.45, 7) is 6.22. The molecule has 0 aliphatic rings. The third kappa shape index (κ3) is 3.78. The van der Waals surface area contributed by atoms with Crippen molar-refractivity contribution in [3.8, 4) is 0 Å². The molecule has 104 valence electrons. The SMILES string of the molecule is Cc1cc(C)nc(NC(=O)NCc2ncccc2C)c1. The van der Waals surface area contributed by atoms with Gasteiger partial charge in [0.15, 0.2) is 0 Å². The van der Waals surface area contributed by atoms with Gasteiger partial charge in [0, 0.05) is 11.9 Å². The molecule has 0 unspecified atom stereocenters. The number of rotatable bonds is 3. The zero-order valence-corrected chi connectivity index (χ0v) is 11.9. The van der Waals surface area contributed by atoms with Crippen molar-refractivity contribution in [3.05, 3.63) is 53.0 Å². The number of hydrogen-bond acceptors (Lipinski definition) is 3. The molecule has 5 heteroatoms. The summed E-state index contributed by atoms with van der Waals surface area (Å²) in [7, 11) is 0. The lowest BCUT2D eigenvalue weighted by molar-refractivity contribution is 0.251. The Labute approximate surface area is 118 Å². The summed E-state index contributed by atoms with van der Waals surface area (Å²) < 4.78 is 0. The summed E-state index contributed by atoms with van der Waals surface area (Å²) in [5.41, 5.74) is 3.85. The monoisotopic (exact) mass is 270 g/mol. The Morgan fingerprint density at radius 2 is 2.05 bits per heavy atom. The summed E-state index contributed by atoms with van der Waals surface area (Å²) in [4.78, 5) is 20.3. The Morgan fingerprint density at radius 1 is 1.25 bits per heavy atom. The third-order valence-corrected chi connectivity index (χ3v) is 2.87. The molecular weight excluding hydrogens is 252 g/mol. The number of carbonyl (C=O) groups excluding carboxylic acids is 1. The fourth-order valence-electron chi connectivity index (χ4n) is 1.93. The van der Waals surface area contributed by atoms with Crippen LogP contribution in [0.5, 0.6) is 0 Å². The Bertz CT molecular complexity index is 605. The summed E-state index contributed by atoms with van der Waals surface area (Å²) >= 11 is 0. The summed E-state index contributed by atoms with van der Waals surface area (Å²) in [5.74, 6) is 0.553. The summed E-state index contributed by atoms with van der Waals surface area (Å²) in [6.07, 6.45) is 1.72. The van der Waals surface area contributed by atoms with Gasteiger partial charge in [-0.3, -0.25) is 10.3 Å². The zero-order chi connectivity index (χ0) is 14.5. The Kier molecular flexibility index (Phi) is 4.30. The van der Waals surface area contributed by atoms with E-state index in [9.17, 15) is 4.79 Å². The van der Waals surface area contributed by atoms with Gasteiger partial charge in [0.25, 0.3) is 0 Å². The lowest BCUT2D eigenvalue weighted by Crippen LogP contribution is -2.29. The minimum absolute atomic E-state index is 0.285. The highest BCUT2D eigenvalue weighted by Gasteiger charge is 2.05. The average Bonchev–Trinajstić information content (AvgIpc) is 2.36. The maximum atomic E-state index is 11.8. The van der Waals surface area contributed by atoms with Gasteiger partial charge in [0.2, 0.25) is 0 Å². The highest BCUT2D eigenvalue weighted by atomic mass is 16.2. The molecule has 0 aliphatic carbocycles. The van der Waals surface area contributed by atoms with Crippen LogP contribution in [-0.2, 0) is 6.54 Å². The Balaban J connectivity index is 1.94. The van der Waals surface area contributed by atoms with Crippen molar-refractivity contribution < 1.29 is 4.79 Å². The lowest BCUT2D eigenvalue weighted by atomic mass is 10.2. The van der Waals surface area contributed by atoms with Crippen LogP contribution in [0.4, 0.5) is 10.6 Å². The molecule has 0 atom stereocenters. The van der Waals surface area contributed by atoms with Gasteiger partial charge in [-0.05, 0) is 50.1 Å². The van der Waals surface area contributed by atoms with Crippen LogP contribution in [0.25, 0.3) is 0 Å². The molecule has 2 aromatic rings. The van der Waals surface area contributed by atoms with E-state index in [1.807, 2.05) is 45.0 Å². The molecule has 2 N–H and O–H groups in total. The predicted molar refractivity (Wildman–Crippen MR) is 78.5 cm³/mol. The number of nitrogens with zero attached hydrogens (tertiary/aromatic N) is 2. The molecule has 0 aliphatic heterocycles. The number of aromatic nitrogens is 2. The summed E-state index contributed by atoms with van der Waals surface area (Å²) in [6, 6.07) is 7.34. The first kappa shape index (κ1) is 14.0. The number of nitrogens with one attached hydrogen (secondary N) is 2. The maximum Gasteiger partial charge on any atom is 0.320 e. The van der Waals surface area contributed by atoms with Gasteiger partial charge in [-0.15, -0.1) is 0 Å². The van der Waals surface area contributed by atoms with E-state index < -0.39 is 0 Å². The molecule has 0 radical (unpaired) electrons. The minimum Gasteiger partial charge on any atom is -0.332 e. The second-order valence-corrected chi connectivity index (χ2v) is 4.75. The fourth-order valence-corrected chi connectivity index (χ4v) is 1.93. The quantitative estimate of drug-likeness (QED) is 0.901. The molecule has 20 heavy (non-hydrogen) atoms. The molecule has 0 saturated heterocycles. The van der Waals surface area contributed by atoms with Crippen LogP contribution in [0.2, 0.25) is 0 Å². The van der Waals surface area contributed by atoms with Gasteiger partial charge in [0.05, 0.1) is 12.2 Å². The van der Waals surface area contributed by atoms with Gasteiger partial charge in [-0.25, -0.2) is 9.78 Å². The number of amides is 2. The normalized spacial score (nSPS) is 10.2. The second-order valence-electron chi connectivity index (χ2n) is 4.75. The van der Waals surface area contributed by atoms with Crippen LogP contribution >= 0.6 is 0 Å². The molecule has 0 bridgehead atoms. The number of urea groups is 1. The van der Waals surface area contributed by atoms with Crippen molar-refractivity contribution in [3.63, 3.8) is 0 Å². The van der Waals surface area contributed by atoms with Crippen molar-refractivity contribution >= 4 is 11.8 Å². The first-order valence-corrected chi connectivity index (χ1v) is 6.45. The molecule has 2 aromatic heterocycles. The van der Waals surface area contributed by atoms with Gasteiger partial charge in [-0.2, -0.15) is 0 Å². The minimum atomic E-state index is -0.285. The second kappa shape index (κ2) is 6.14. The first-order valence-electron chi connectivity index (χ1n) is 6.45. The van der Waals surface area contributed by atoms with Crippen LogP contribution in [0.1, 0.15) is 22.5 Å². The van der Waals surface area contributed by atoms with Crippen molar-refractivity contribution in [1.29, 1.82) is 0 Å². The van der Waals surface area contributed by atoms with Gasteiger partial charge < -0.3 is 5.32 Å². The molecule has 0 spiro atoms. The van der Waals surface area contributed by atoms with Crippen molar-refractivity contribution in [1.82, 2.24) is 15.3 Å². The number of hydrogen-bond donors (Lipinski definition) is 2. The van der Waals surface area contributed by atoms with Crippen LogP contribution in [0.15, 0.2) is 30.5 Å². The molecule has 2 rings (SSSR count). The van der Waals surface area contributed by atoms with Crippen LogP contribution < -0.4 is 10.6 Å². The predicted octanol–water partition coefficient (Wildman–Crippen LogP) is 2.72. The van der Waals surface area contributed by atoms with E-state index >= 15 is 0 Å². The van der Waals surface area contributed by atoms with E-state index in [1.165, 1.54) is 0 Å². The Hall–Kier alpha value is -2.43. The van der Waals surface area contributed by atoms with E-state index in [4.69, 9.17) is 0 Å².